The summed E-state index contributed by atoms with van der Waals surface area (Å²) in [6, 6.07) is 9.06. The van der Waals surface area contributed by atoms with Gasteiger partial charge < -0.3 is 11.1 Å². The Morgan fingerprint density at radius 2 is 2.00 bits per heavy atom. The number of aromatic nitrogens is 1. The van der Waals surface area contributed by atoms with Gasteiger partial charge in [0, 0.05) is 30.2 Å². The maximum atomic E-state index is 11.9. The number of hydrogen-bond donors (Lipinski definition) is 2. The largest absolute Gasteiger partial charge is 0.399 e. The second-order valence-electron chi connectivity index (χ2n) is 4.17. The van der Waals surface area contributed by atoms with Crippen LogP contribution in [0.5, 0.6) is 0 Å². The smallest absolute Gasteiger partial charge is 0.251 e. The Morgan fingerprint density at radius 3 is 2.67 bits per heavy atom. The Morgan fingerprint density at radius 1 is 1.28 bits per heavy atom. The van der Waals surface area contributed by atoms with Gasteiger partial charge in [0.05, 0.1) is 0 Å². The van der Waals surface area contributed by atoms with Crippen molar-refractivity contribution in [2.45, 2.75) is 13.5 Å². The standard InChI is InChI=1S/C14H15N3O/c1-10-6-12(8-13(15)7-10)14(18)17-9-11-2-4-16-5-3-11/h2-8H,9,15H2,1H3,(H,17,18). The molecule has 0 bridgehead atoms. The molecule has 1 aromatic carbocycles. The summed E-state index contributed by atoms with van der Waals surface area (Å²) in [6.45, 7) is 2.39. The van der Waals surface area contributed by atoms with E-state index in [1.807, 2.05) is 31.2 Å². The van der Waals surface area contributed by atoms with Gasteiger partial charge in [0.25, 0.3) is 5.91 Å². The Hall–Kier alpha value is -2.36. The van der Waals surface area contributed by atoms with E-state index in [0.29, 0.717) is 17.8 Å². The number of rotatable bonds is 3. The van der Waals surface area contributed by atoms with Crippen LogP contribution in [0.4, 0.5) is 5.69 Å². The molecule has 1 heterocycles. The first-order valence-electron chi connectivity index (χ1n) is 5.69. The molecule has 0 saturated heterocycles. The number of amides is 1. The van der Waals surface area contributed by atoms with E-state index >= 15 is 0 Å². The summed E-state index contributed by atoms with van der Waals surface area (Å²) in [5, 5.41) is 2.85. The van der Waals surface area contributed by atoms with Crippen molar-refractivity contribution in [1.82, 2.24) is 10.3 Å². The summed E-state index contributed by atoms with van der Waals surface area (Å²) in [7, 11) is 0. The number of nitrogens with one attached hydrogen (secondary N) is 1. The third-order valence-corrected chi connectivity index (χ3v) is 2.56. The molecule has 1 aromatic heterocycles. The first kappa shape index (κ1) is 12.1. The number of carbonyl (C=O) groups excluding carboxylic acids is 1. The highest BCUT2D eigenvalue weighted by Crippen LogP contribution is 2.11. The van der Waals surface area contributed by atoms with Crippen LogP contribution >= 0.6 is 0 Å². The lowest BCUT2D eigenvalue weighted by atomic mass is 10.1. The molecule has 0 radical (unpaired) electrons. The predicted octanol–water partition coefficient (Wildman–Crippen LogP) is 1.90. The fraction of sp³-hybridized carbons (Fsp3) is 0.143. The van der Waals surface area contributed by atoms with E-state index in [9.17, 15) is 4.79 Å². The van der Waals surface area contributed by atoms with Crippen LogP contribution < -0.4 is 11.1 Å². The van der Waals surface area contributed by atoms with Crippen molar-refractivity contribution < 1.29 is 4.79 Å². The van der Waals surface area contributed by atoms with Gasteiger partial charge in [-0.1, -0.05) is 0 Å². The Balaban J connectivity index is 2.04. The SMILES string of the molecule is Cc1cc(N)cc(C(=O)NCc2ccncc2)c1. The first-order valence-corrected chi connectivity index (χ1v) is 5.69. The molecule has 18 heavy (non-hydrogen) atoms. The average Bonchev–Trinajstić information content (AvgIpc) is 2.36. The molecule has 0 saturated carbocycles. The third kappa shape index (κ3) is 3.07. The number of carbonyl (C=O) groups is 1. The summed E-state index contributed by atoms with van der Waals surface area (Å²) in [6.07, 6.45) is 3.40. The van der Waals surface area contributed by atoms with Crippen molar-refractivity contribution in [3.8, 4) is 0 Å². The molecule has 0 aliphatic rings. The number of benzene rings is 1. The molecule has 0 aliphatic heterocycles. The molecule has 4 nitrogen and oxygen atoms in total. The number of nitrogen functional groups attached to an aromatic ring is 1. The normalized spacial score (nSPS) is 10.1. The zero-order valence-corrected chi connectivity index (χ0v) is 10.2. The summed E-state index contributed by atoms with van der Waals surface area (Å²) in [5.74, 6) is -0.123. The second-order valence-corrected chi connectivity index (χ2v) is 4.17. The van der Waals surface area contributed by atoms with E-state index in [0.717, 1.165) is 11.1 Å². The van der Waals surface area contributed by atoms with Crippen LogP contribution in [0, 0.1) is 6.92 Å². The summed E-state index contributed by atoms with van der Waals surface area (Å²) < 4.78 is 0. The topological polar surface area (TPSA) is 68.0 Å². The molecule has 3 N–H and O–H groups in total. The number of hydrogen-bond acceptors (Lipinski definition) is 3. The van der Waals surface area contributed by atoms with Crippen LogP contribution in [0.25, 0.3) is 0 Å². The molecule has 4 heteroatoms. The number of nitrogens with zero attached hydrogens (tertiary/aromatic N) is 1. The van der Waals surface area contributed by atoms with E-state index < -0.39 is 0 Å². The third-order valence-electron chi connectivity index (χ3n) is 2.56. The van der Waals surface area contributed by atoms with Crippen LogP contribution in [0.3, 0.4) is 0 Å². The van der Waals surface area contributed by atoms with Gasteiger partial charge in [-0.2, -0.15) is 0 Å². The molecular formula is C14H15N3O. The fourth-order valence-corrected chi connectivity index (χ4v) is 1.73. The van der Waals surface area contributed by atoms with Crippen LogP contribution in [0.1, 0.15) is 21.5 Å². The molecule has 0 aliphatic carbocycles. The maximum absolute atomic E-state index is 11.9. The second kappa shape index (κ2) is 5.31. The Kier molecular flexibility index (Phi) is 3.57. The predicted molar refractivity (Wildman–Crippen MR) is 71.0 cm³/mol. The van der Waals surface area contributed by atoms with Gasteiger partial charge in [-0.05, 0) is 48.4 Å². The highest BCUT2D eigenvalue weighted by molar-refractivity contribution is 5.95. The lowest BCUT2D eigenvalue weighted by Gasteiger charge is -2.07. The van der Waals surface area contributed by atoms with E-state index in [1.54, 1.807) is 18.5 Å². The van der Waals surface area contributed by atoms with Gasteiger partial charge in [0.1, 0.15) is 0 Å². The fourth-order valence-electron chi connectivity index (χ4n) is 1.73. The minimum atomic E-state index is -0.123. The summed E-state index contributed by atoms with van der Waals surface area (Å²) in [5.41, 5.74) is 8.89. The minimum Gasteiger partial charge on any atom is -0.399 e. The minimum absolute atomic E-state index is 0.123. The molecule has 2 aromatic rings. The van der Waals surface area contributed by atoms with Crippen molar-refractivity contribution in [3.05, 3.63) is 59.4 Å². The van der Waals surface area contributed by atoms with Gasteiger partial charge in [-0.3, -0.25) is 9.78 Å². The zero-order valence-electron chi connectivity index (χ0n) is 10.2. The van der Waals surface area contributed by atoms with Gasteiger partial charge >= 0.3 is 0 Å². The van der Waals surface area contributed by atoms with Gasteiger partial charge in [0.15, 0.2) is 0 Å². The molecule has 0 fully saturated rings. The first-order chi connectivity index (χ1) is 8.65. The number of nitrogens with two attached hydrogens (primary N) is 1. The molecule has 0 spiro atoms. The van der Waals surface area contributed by atoms with Crippen molar-refractivity contribution >= 4 is 11.6 Å². The van der Waals surface area contributed by atoms with Crippen molar-refractivity contribution in [3.63, 3.8) is 0 Å². The number of anilines is 1. The van der Waals surface area contributed by atoms with Crippen molar-refractivity contribution in [2.24, 2.45) is 0 Å². The monoisotopic (exact) mass is 241 g/mol. The van der Waals surface area contributed by atoms with Crippen LogP contribution in [0.2, 0.25) is 0 Å². The molecule has 0 atom stereocenters. The van der Waals surface area contributed by atoms with Crippen molar-refractivity contribution in [2.75, 3.05) is 5.73 Å². The van der Waals surface area contributed by atoms with Gasteiger partial charge in [-0.25, -0.2) is 0 Å². The van der Waals surface area contributed by atoms with Crippen molar-refractivity contribution in [1.29, 1.82) is 0 Å². The molecule has 2 rings (SSSR count). The van der Waals surface area contributed by atoms with E-state index in [1.165, 1.54) is 0 Å². The lowest BCUT2D eigenvalue weighted by molar-refractivity contribution is 0.0951. The van der Waals surface area contributed by atoms with E-state index in [4.69, 9.17) is 5.73 Å². The number of aryl methyl sites for hydroxylation is 1. The van der Waals surface area contributed by atoms with Crippen LogP contribution in [-0.2, 0) is 6.54 Å². The van der Waals surface area contributed by atoms with Crippen LogP contribution in [0.15, 0.2) is 42.7 Å². The van der Waals surface area contributed by atoms with Crippen LogP contribution in [-0.4, -0.2) is 10.9 Å². The highest BCUT2D eigenvalue weighted by atomic mass is 16.1. The molecule has 1 amide bonds. The Labute approximate surface area is 106 Å². The molecule has 0 unspecified atom stereocenters. The van der Waals surface area contributed by atoms with E-state index in [2.05, 4.69) is 10.3 Å². The van der Waals surface area contributed by atoms with Gasteiger partial charge in [-0.15, -0.1) is 0 Å². The molecular weight excluding hydrogens is 226 g/mol. The summed E-state index contributed by atoms with van der Waals surface area (Å²) >= 11 is 0. The lowest BCUT2D eigenvalue weighted by Crippen LogP contribution is -2.23. The highest BCUT2D eigenvalue weighted by Gasteiger charge is 2.06. The molecule has 92 valence electrons. The Bertz CT molecular complexity index is 532. The quantitative estimate of drug-likeness (QED) is 0.806. The maximum Gasteiger partial charge on any atom is 0.251 e. The summed E-state index contributed by atoms with van der Waals surface area (Å²) in [4.78, 5) is 15.9. The zero-order chi connectivity index (χ0) is 13.0. The average molecular weight is 241 g/mol. The number of pyridine rings is 1. The van der Waals surface area contributed by atoms with E-state index in [-0.39, 0.29) is 5.91 Å². The van der Waals surface area contributed by atoms with Gasteiger partial charge in [0.2, 0.25) is 0 Å².